The summed E-state index contributed by atoms with van der Waals surface area (Å²) in [5.41, 5.74) is 30.1. The zero-order valence-corrected chi connectivity index (χ0v) is 66.0. The third-order valence-electron chi connectivity index (χ3n) is 18.2. The Labute approximate surface area is 690 Å². The van der Waals surface area contributed by atoms with Gasteiger partial charge in [0.2, 0.25) is 23.0 Å². The minimum absolute atomic E-state index is 0. The van der Waals surface area contributed by atoms with E-state index >= 15 is 0 Å². The summed E-state index contributed by atoms with van der Waals surface area (Å²) in [7, 11) is -5.77. The summed E-state index contributed by atoms with van der Waals surface area (Å²) in [6.45, 7) is 3.58. The Kier molecular flexibility index (Phi) is 36.0. The minimum atomic E-state index is -3.77. The molecule has 15 rings (SSSR count). The molecule has 0 atom stereocenters. The number of carbonyl (C=O) groups is 4. The van der Waals surface area contributed by atoms with Crippen LogP contribution in [0.4, 0.5) is 8.78 Å². The molecule has 11 aromatic rings. The summed E-state index contributed by atoms with van der Waals surface area (Å²) in [6, 6.07) is 51.6. The molecular weight excluding hydrogens is 1530 g/mol. The first kappa shape index (κ1) is 87.9. The molecule has 602 valence electrons. The predicted molar refractivity (Wildman–Crippen MR) is 414 cm³/mol. The van der Waals surface area contributed by atoms with Gasteiger partial charge in [0.25, 0.3) is 33.7 Å². The van der Waals surface area contributed by atoms with Crippen LogP contribution in [0.5, 0.6) is 0 Å². The van der Waals surface area contributed by atoms with Crippen molar-refractivity contribution in [2.45, 2.75) is 114 Å². The molecule has 4 saturated carbocycles. The summed E-state index contributed by atoms with van der Waals surface area (Å²) < 4.78 is 84.7. The first-order valence-corrected chi connectivity index (χ1v) is 37.2. The molecule has 6 heterocycles. The largest absolute Gasteiger partial charge is 1.00 e. The molecule has 116 heavy (non-hydrogen) atoms. The third-order valence-corrected chi connectivity index (χ3v) is 19.5. The quantitative estimate of drug-likeness (QED) is 0.00742. The SMILES string of the molecule is C#CCO.Cc1ccc(S(=O)(=O)OCC2CC(NC(=O)c3cc(-c4ccccc4)no3)C2)cc1.O=C(NC1CC(Cn2cc(CO)nn2)C1)c1cc(-c2ccccc2)no1.O=C(NC1CC(Cn2nncc2CO)C1)c1cc(-c2ccccc2)no1.[2H]CF.[2H]CF.[N-]=[N+]=NCC1CC(NC(=O)c2cc(-c3ccccc3)no2)C1.[N-]=[N+]=[N-].[Na+]. The molecule has 0 aliphatic heterocycles. The van der Waals surface area contributed by atoms with E-state index in [9.17, 15) is 41.5 Å². The molecule has 4 aliphatic carbocycles. The first-order chi connectivity index (χ1) is 56.8. The zero-order chi connectivity index (χ0) is 83.9. The van der Waals surface area contributed by atoms with Crippen LogP contribution in [0.1, 0.15) is 113 Å². The van der Waals surface area contributed by atoms with Gasteiger partial charge >= 0.3 is 29.6 Å². The van der Waals surface area contributed by atoms with Gasteiger partial charge in [0.1, 0.15) is 35.1 Å². The van der Waals surface area contributed by atoms with Crippen molar-refractivity contribution >= 4 is 33.7 Å². The van der Waals surface area contributed by atoms with Crippen LogP contribution < -0.4 is 50.8 Å². The minimum Gasteiger partial charge on any atom is -0.390 e. The van der Waals surface area contributed by atoms with Gasteiger partial charge in [0, 0.05) is 95.2 Å². The van der Waals surface area contributed by atoms with Gasteiger partial charge in [-0.1, -0.05) is 181 Å². The van der Waals surface area contributed by atoms with Crippen molar-refractivity contribution in [2.75, 3.05) is 34.1 Å². The monoisotopic (exact) mass is 1620 g/mol. The number of nitrogens with one attached hydrogen (secondary N) is 4. The van der Waals surface area contributed by atoms with Gasteiger partial charge in [-0.15, -0.1) is 16.6 Å². The molecular formula is C78H85F2N20NaO14S. The number of terminal acetylenes is 1. The number of hydrogen-bond acceptors (Lipinski definition) is 23. The van der Waals surface area contributed by atoms with Crippen LogP contribution in [-0.2, 0) is 40.6 Å². The van der Waals surface area contributed by atoms with Crippen LogP contribution in [0.25, 0.3) is 71.4 Å². The van der Waals surface area contributed by atoms with Crippen molar-refractivity contribution < 1.29 is 106 Å². The molecule has 4 aliphatic rings. The molecule has 5 aromatic carbocycles. The number of aliphatic hydroxyl groups excluding tert-OH is 3. The van der Waals surface area contributed by atoms with Gasteiger partial charge in [0.05, 0.1) is 59.9 Å². The van der Waals surface area contributed by atoms with Crippen molar-refractivity contribution in [1.29, 1.82) is 0 Å². The maximum atomic E-state index is 12.4. The van der Waals surface area contributed by atoms with E-state index in [1.807, 2.05) is 134 Å². The Morgan fingerprint density at radius 3 is 1.27 bits per heavy atom. The number of hydrogen-bond donors (Lipinski definition) is 7. The van der Waals surface area contributed by atoms with Crippen molar-refractivity contribution in [2.24, 2.45) is 28.8 Å². The number of alkyl halides is 2. The average molecular weight is 1620 g/mol. The standard InChI is InChI=1S/C22H22N2O5S.2C18H19N5O3.C15H15N5O2.C3H4O.2CH3F.N3.Na/c1-15-7-9-19(10-8-15)30(26,27)28-14-16-11-18(12-16)23-22(25)21-13-20(24-29-21)17-5-3-2-4-6-17;24-11-15-9-19-22-23(15)10-12-6-14(7-12)20-18(25)17-8-16(21-26-17)13-4-2-1-3-5-13;24-11-15-10-23(22-20-15)9-12-6-14(7-12)19-18(25)17-8-16(21-26-17)13-4-2-1-3-5-13;16-20-17-9-10-6-12(7-10)18-15(21)14-8-13(19-22-14)11-4-2-1-3-5-11;1-2-3-4;2*1-2;1-3-2;/h2-10,13,16,18H,11-12,14H2,1H3,(H,23,25);1-5,8-9,12,14,24H,6-7,10-11H2,(H,20,25);1-5,8,10,12,14,24H,6-7,9,11H2,(H,19,25);1-5,8,10,12H,6-7,9H2,(H,18,21);1,4H,3H2;2*1H3;;/q;;;;;;;-1;+1/i;;;;;2*1D;;. The van der Waals surface area contributed by atoms with Crippen molar-refractivity contribution in [3.8, 4) is 57.4 Å². The number of aryl methyl sites for hydroxylation is 1. The fourth-order valence-electron chi connectivity index (χ4n) is 12.2. The molecule has 4 fully saturated rings. The molecule has 38 heteroatoms. The van der Waals surface area contributed by atoms with Gasteiger partial charge in [-0.3, -0.25) is 41.7 Å². The second kappa shape index (κ2) is 47.6. The van der Waals surface area contributed by atoms with Gasteiger partial charge in [-0.05, 0) is 99.6 Å². The van der Waals surface area contributed by atoms with E-state index in [1.165, 1.54) is 17.0 Å². The first-order valence-electron chi connectivity index (χ1n) is 37.2. The maximum absolute atomic E-state index is 12.4. The van der Waals surface area contributed by atoms with Crippen molar-refractivity contribution in [3.05, 3.63) is 249 Å². The van der Waals surface area contributed by atoms with Crippen LogP contribution in [-0.4, -0.2) is 156 Å². The maximum Gasteiger partial charge on any atom is 1.00 e. The van der Waals surface area contributed by atoms with E-state index in [0.29, 0.717) is 77.8 Å². The second-order valence-electron chi connectivity index (χ2n) is 26.4. The number of amides is 4. The van der Waals surface area contributed by atoms with Crippen LogP contribution in [0.15, 0.2) is 210 Å². The number of halogens is 2. The number of aromatic nitrogens is 10. The fraction of sp³-hybridized carbons (Fsp3) is 0.333. The topological polar surface area (TPSA) is 493 Å². The van der Waals surface area contributed by atoms with E-state index < -0.39 is 24.4 Å². The van der Waals surface area contributed by atoms with Gasteiger partial charge in [-0.25, -0.2) is 4.68 Å². The third kappa shape index (κ3) is 27.6. The van der Waals surface area contributed by atoms with Crippen LogP contribution in [0, 0.1) is 42.9 Å². The normalized spacial score (nSPS) is 17.7. The molecule has 34 nitrogen and oxygen atoms in total. The van der Waals surface area contributed by atoms with E-state index in [4.69, 9.17) is 51.8 Å². The molecule has 0 bridgehead atoms. The predicted octanol–water partition coefficient (Wildman–Crippen LogP) is 8.65. The summed E-state index contributed by atoms with van der Waals surface area (Å²) in [6.07, 6.45) is 14.2. The zero-order valence-electron chi connectivity index (χ0n) is 65.2. The number of nitrogens with zero attached hydrogens (tertiary/aromatic N) is 16. The summed E-state index contributed by atoms with van der Waals surface area (Å²) in [4.78, 5) is 53.4. The Bertz CT molecular complexity index is 5110. The summed E-state index contributed by atoms with van der Waals surface area (Å²) >= 11 is 0. The molecule has 6 aromatic heterocycles. The van der Waals surface area contributed by atoms with E-state index in [2.05, 4.69) is 79.0 Å². The summed E-state index contributed by atoms with van der Waals surface area (Å²) in [5, 5.41) is 72.5. The Morgan fingerprint density at radius 2 is 0.931 bits per heavy atom. The molecule has 0 spiro atoms. The number of azide groups is 1. The number of carbonyl (C=O) groups excluding carboxylic acids is 4. The van der Waals surface area contributed by atoms with Crippen molar-refractivity contribution in [3.63, 3.8) is 0 Å². The van der Waals surface area contributed by atoms with Crippen LogP contribution >= 0.6 is 0 Å². The van der Waals surface area contributed by atoms with E-state index in [-0.39, 0.29) is 138 Å². The molecule has 4 amide bonds. The Morgan fingerprint density at radius 1 is 0.578 bits per heavy atom. The molecule has 0 saturated heterocycles. The van der Waals surface area contributed by atoms with Crippen molar-refractivity contribution in [1.82, 2.24) is 71.9 Å². The molecule has 0 unspecified atom stereocenters. The Balaban J connectivity index is 0.000000207. The van der Waals surface area contributed by atoms with Crippen LogP contribution in [0.3, 0.4) is 0 Å². The van der Waals surface area contributed by atoms with Gasteiger partial charge in [0.15, 0.2) is 0 Å². The smallest absolute Gasteiger partial charge is 0.390 e. The fourth-order valence-corrected chi connectivity index (χ4v) is 13.2. The van der Waals surface area contributed by atoms with E-state index in [0.717, 1.165) is 72.9 Å². The second-order valence-corrected chi connectivity index (χ2v) is 28.0. The summed E-state index contributed by atoms with van der Waals surface area (Å²) in [5.74, 6) is 2.95. The van der Waals surface area contributed by atoms with Crippen LogP contribution in [0.2, 0.25) is 0 Å². The number of benzene rings is 5. The van der Waals surface area contributed by atoms with E-state index in [1.54, 1.807) is 58.2 Å². The average Bonchev–Trinajstić information content (AvgIpc) is 1.56. The Hall–Kier alpha value is -12.1. The van der Waals surface area contributed by atoms with Gasteiger partial charge in [-0.2, -0.15) is 8.42 Å². The molecule has 0 radical (unpaired) electrons. The van der Waals surface area contributed by atoms with Gasteiger partial charge < -0.3 is 65.7 Å². The number of aliphatic hydroxyl groups is 3. The number of rotatable bonds is 24. The molecule has 7 N–H and O–H groups in total.